The summed E-state index contributed by atoms with van der Waals surface area (Å²) in [7, 11) is -3.20. The Bertz CT molecular complexity index is 1120. The summed E-state index contributed by atoms with van der Waals surface area (Å²) in [4.78, 5) is 12.0. The third kappa shape index (κ3) is 4.47. The van der Waals surface area contributed by atoms with E-state index in [0.717, 1.165) is 41.2 Å². The second-order valence-electron chi connectivity index (χ2n) is 8.03. The number of aryl methyl sites for hydroxylation is 1. The van der Waals surface area contributed by atoms with E-state index in [9.17, 15) is 8.42 Å². The lowest BCUT2D eigenvalue weighted by Crippen LogP contribution is -2.29. The van der Waals surface area contributed by atoms with Crippen molar-refractivity contribution in [2.75, 3.05) is 19.3 Å². The predicted octanol–water partition coefficient (Wildman–Crippen LogP) is 4.14. The van der Waals surface area contributed by atoms with Crippen molar-refractivity contribution in [3.05, 3.63) is 54.0 Å². The number of oxazole rings is 1. The zero-order valence-corrected chi connectivity index (χ0v) is 18.4. The Hall–Kier alpha value is -2.51. The van der Waals surface area contributed by atoms with Gasteiger partial charge in [0.1, 0.15) is 5.76 Å². The number of nitrogens with zero attached hydrogens (tertiary/aromatic N) is 3. The van der Waals surface area contributed by atoms with Crippen LogP contribution in [0.2, 0.25) is 0 Å². The molecule has 3 aromatic rings. The number of likely N-dealkylation sites (tertiary alicyclic amines) is 1. The molecule has 1 unspecified atom stereocenters. The molecule has 1 atom stereocenters. The summed E-state index contributed by atoms with van der Waals surface area (Å²) in [5.74, 6) is 1.45. The van der Waals surface area contributed by atoms with Gasteiger partial charge < -0.3 is 9.32 Å². The SMILES string of the molecule is Cc1oc(-c2ccc(-c3ccc(S(C)(=O)=O)cc3)nc2)nc1CCN1CCCC1C. The van der Waals surface area contributed by atoms with E-state index in [1.54, 1.807) is 30.5 Å². The molecule has 3 heterocycles. The van der Waals surface area contributed by atoms with E-state index < -0.39 is 9.84 Å². The number of hydrogen-bond acceptors (Lipinski definition) is 6. The lowest BCUT2D eigenvalue weighted by molar-refractivity contribution is 0.271. The molecule has 1 aliphatic heterocycles. The molecule has 0 saturated carbocycles. The molecule has 30 heavy (non-hydrogen) atoms. The largest absolute Gasteiger partial charge is 0.441 e. The van der Waals surface area contributed by atoms with Crippen molar-refractivity contribution in [2.45, 2.75) is 44.0 Å². The minimum Gasteiger partial charge on any atom is -0.441 e. The molecule has 0 radical (unpaired) electrons. The highest BCUT2D eigenvalue weighted by Gasteiger charge is 2.21. The summed E-state index contributed by atoms with van der Waals surface area (Å²) in [6.07, 6.45) is 6.39. The molecular formula is C23H27N3O3S. The summed E-state index contributed by atoms with van der Waals surface area (Å²) in [6.45, 7) is 6.43. The van der Waals surface area contributed by atoms with Crippen LogP contribution in [-0.4, -0.2) is 48.7 Å². The van der Waals surface area contributed by atoms with Crippen LogP contribution in [0.4, 0.5) is 0 Å². The number of pyridine rings is 1. The zero-order chi connectivity index (χ0) is 21.3. The van der Waals surface area contributed by atoms with E-state index in [1.807, 2.05) is 19.1 Å². The molecular weight excluding hydrogens is 398 g/mol. The van der Waals surface area contributed by atoms with E-state index in [-0.39, 0.29) is 0 Å². The predicted molar refractivity (Wildman–Crippen MR) is 117 cm³/mol. The van der Waals surface area contributed by atoms with Crippen LogP contribution >= 0.6 is 0 Å². The Balaban J connectivity index is 1.47. The maximum Gasteiger partial charge on any atom is 0.228 e. The first-order valence-electron chi connectivity index (χ1n) is 10.3. The molecule has 0 amide bonds. The van der Waals surface area contributed by atoms with Gasteiger partial charge in [0.25, 0.3) is 0 Å². The van der Waals surface area contributed by atoms with Gasteiger partial charge in [-0.1, -0.05) is 12.1 Å². The topological polar surface area (TPSA) is 76.3 Å². The number of benzene rings is 1. The summed E-state index contributed by atoms with van der Waals surface area (Å²) in [5.41, 5.74) is 3.46. The monoisotopic (exact) mass is 425 g/mol. The average Bonchev–Trinajstić information content (AvgIpc) is 3.31. The number of rotatable bonds is 6. The Morgan fingerprint density at radius 1 is 1.13 bits per heavy atom. The van der Waals surface area contributed by atoms with Crippen LogP contribution in [-0.2, 0) is 16.3 Å². The molecule has 1 aromatic carbocycles. The molecule has 0 N–H and O–H groups in total. The molecule has 0 bridgehead atoms. The van der Waals surface area contributed by atoms with Gasteiger partial charge in [0.2, 0.25) is 5.89 Å². The fourth-order valence-electron chi connectivity index (χ4n) is 3.92. The summed E-state index contributed by atoms with van der Waals surface area (Å²) < 4.78 is 29.1. The van der Waals surface area contributed by atoms with Gasteiger partial charge >= 0.3 is 0 Å². The minimum atomic E-state index is -3.20. The first kappa shape index (κ1) is 20.8. The second-order valence-corrected chi connectivity index (χ2v) is 10.0. The zero-order valence-electron chi connectivity index (χ0n) is 17.6. The maximum absolute atomic E-state index is 11.6. The van der Waals surface area contributed by atoms with Gasteiger partial charge in [0.05, 0.1) is 21.8 Å². The van der Waals surface area contributed by atoms with Crippen molar-refractivity contribution in [1.29, 1.82) is 0 Å². The highest BCUT2D eigenvalue weighted by molar-refractivity contribution is 7.90. The Morgan fingerprint density at radius 3 is 2.47 bits per heavy atom. The van der Waals surface area contributed by atoms with Crippen LogP contribution in [0.1, 0.15) is 31.2 Å². The Kier molecular flexibility index (Phi) is 5.75. The molecule has 2 aromatic heterocycles. The molecule has 1 aliphatic rings. The quantitative estimate of drug-likeness (QED) is 0.591. The van der Waals surface area contributed by atoms with E-state index in [2.05, 4.69) is 16.8 Å². The third-order valence-corrected chi connectivity index (χ3v) is 6.94. The van der Waals surface area contributed by atoms with E-state index in [4.69, 9.17) is 9.40 Å². The molecule has 1 saturated heterocycles. The van der Waals surface area contributed by atoms with Gasteiger partial charge in [-0.25, -0.2) is 13.4 Å². The number of aromatic nitrogens is 2. The minimum absolute atomic E-state index is 0.300. The van der Waals surface area contributed by atoms with Crippen molar-refractivity contribution >= 4 is 9.84 Å². The van der Waals surface area contributed by atoms with Crippen LogP contribution in [0.25, 0.3) is 22.7 Å². The van der Waals surface area contributed by atoms with Crippen LogP contribution in [0, 0.1) is 6.92 Å². The molecule has 0 spiro atoms. The van der Waals surface area contributed by atoms with Crippen LogP contribution in [0.15, 0.2) is 51.9 Å². The molecule has 6 nitrogen and oxygen atoms in total. The van der Waals surface area contributed by atoms with Crippen molar-refractivity contribution in [1.82, 2.24) is 14.9 Å². The Labute approximate surface area is 177 Å². The standard InChI is InChI=1S/C23H27N3O3S/c1-16-5-4-13-26(16)14-12-21-17(2)29-23(25-21)19-8-11-22(24-15-19)18-6-9-20(10-7-18)30(3,27)28/h6-11,15-16H,4-5,12-14H2,1-3H3. The second kappa shape index (κ2) is 8.32. The van der Waals surface area contributed by atoms with Gasteiger partial charge in [-0.2, -0.15) is 0 Å². The highest BCUT2D eigenvalue weighted by atomic mass is 32.2. The first-order chi connectivity index (χ1) is 14.3. The lowest BCUT2D eigenvalue weighted by atomic mass is 10.1. The average molecular weight is 426 g/mol. The van der Waals surface area contributed by atoms with Crippen LogP contribution in [0.5, 0.6) is 0 Å². The Morgan fingerprint density at radius 2 is 1.87 bits per heavy atom. The highest BCUT2D eigenvalue weighted by Crippen LogP contribution is 2.25. The molecule has 1 fully saturated rings. The van der Waals surface area contributed by atoms with Gasteiger partial charge in [0, 0.05) is 37.0 Å². The van der Waals surface area contributed by atoms with Crippen LogP contribution < -0.4 is 0 Å². The summed E-state index contributed by atoms with van der Waals surface area (Å²) >= 11 is 0. The normalized spacial score (nSPS) is 17.5. The van der Waals surface area contributed by atoms with Gasteiger partial charge in [0.15, 0.2) is 9.84 Å². The summed E-state index contributed by atoms with van der Waals surface area (Å²) in [6, 6.07) is 11.2. The third-order valence-electron chi connectivity index (χ3n) is 5.81. The number of sulfone groups is 1. The smallest absolute Gasteiger partial charge is 0.228 e. The van der Waals surface area contributed by atoms with E-state index in [0.29, 0.717) is 16.8 Å². The maximum atomic E-state index is 11.6. The van der Waals surface area contributed by atoms with Gasteiger partial charge in [-0.3, -0.25) is 4.98 Å². The lowest BCUT2D eigenvalue weighted by Gasteiger charge is -2.20. The van der Waals surface area contributed by atoms with E-state index >= 15 is 0 Å². The fraction of sp³-hybridized carbons (Fsp3) is 0.391. The number of hydrogen-bond donors (Lipinski definition) is 0. The van der Waals surface area contributed by atoms with Crippen molar-refractivity contribution in [3.8, 4) is 22.7 Å². The van der Waals surface area contributed by atoms with Gasteiger partial charge in [-0.05, 0) is 57.5 Å². The van der Waals surface area contributed by atoms with Crippen molar-refractivity contribution in [3.63, 3.8) is 0 Å². The molecule has 158 valence electrons. The molecule has 7 heteroatoms. The fourth-order valence-corrected chi connectivity index (χ4v) is 4.55. The van der Waals surface area contributed by atoms with Crippen molar-refractivity contribution < 1.29 is 12.8 Å². The molecule has 0 aliphatic carbocycles. The summed E-state index contributed by atoms with van der Waals surface area (Å²) in [5, 5.41) is 0. The first-order valence-corrected chi connectivity index (χ1v) is 12.2. The van der Waals surface area contributed by atoms with Crippen molar-refractivity contribution in [2.24, 2.45) is 0 Å². The van der Waals surface area contributed by atoms with Gasteiger partial charge in [-0.15, -0.1) is 0 Å². The molecule has 4 rings (SSSR count). The van der Waals surface area contributed by atoms with Crippen LogP contribution in [0.3, 0.4) is 0 Å². The van der Waals surface area contributed by atoms with E-state index in [1.165, 1.54) is 25.6 Å².